The van der Waals surface area contributed by atoms with E-state index in [1.807, 2.05) is 30.9 Å². The molecule has 2 heterocycles. The van der Waals surface area contributed by atoms with Crippen LogP contribution in [0.2, 0.25) is 0 Å². The maximum absolute atomic E-state index is 13.2. The molecule has 5 heteroatoms. The number of methoxy groups -OCH3 is 2. The van der Waals surface area contributed by atoms with Gasteiger partial charge in [0.2, 0.25) is 5.91 Å². The Morgan fingerprint density at radius 1 is 1.29 bits per heavy atom. The van der Waals surface area contributed by atoms with Crippen molar-refractivity contribution >= 4 is 5.91 Å². The Balaban J connectivity index is 2.04. The third-order valence-corrected chi connectivity index (χ3v) is 5.32. The number of aryl methyl sites for hydroxylation is 1. The van der Waals surface area contributed by atoms with Crippen molar-refractivity contribution in [3.05, 3.63) is 23.3 Å². The minimum Gasteiger partial charge on any atom is -0.493 e. The van der Waals surface area contributed by atoms with Gasteiger partial charge >= 0.3 is 0 Å². The molecule has 5 nitrogen and oxygen atoms in total. The molecule has 3 atom stereocenters. The van der Waals surface area contributed by atoms with E-state index in [0.717, 1.165) is 11.1 Å². The molecule has 0 radical (unpaired) electrons. The van der Waals surface area contributed by atoms with E-state index in [1.165, 1.54) is 0 Å². The van der Waals surface area contributed by atoms with Crippen LogP contribution in [0.1, 0.15) is 44.2 Å². The molecular formula is C19H27NO4. The quantitative estimate of drug-likeness (QED) is 0.849. The topological polar surface area (TPSA) is 48.0 Å². The van der Waals surface area contributed by atoms with Crippen molar-refractivity contribution in [2.45, 2.75) is 51.8 Å². The molecule has 132 valence electrons. The SMILES string of the molecule is COc1cc(C)cc([C@@H]2C[C@@]3(C)OC[C@H](C(C)C)N3C2=O)c1OC. The molecule has 24 heavy (non-hydrogen) atoms. The molecule has 0 unspecified atom stereocenters. The summed E-state index contributed by atoms with van der Waals surface area (Å²) < 4.78 is 17.1. The number of amides is 1. The van der Waals surface area contributed by atoms with Crippen LogP contribution in [-0.4, -0.2) is 43.4 Å². The molecule has 2 saturated heterocycles. The Morgan fingerprint density at radius 2 is 2.00 bits per heavy atom. The van der Waals surface area contributed by atoms with Crippen LogP contribution >= 0.6 is 0 Å². The summed E-state index contributed by atoms with van der Waals surface area (Å²) in [6.07, 6.45) is 0.637. The second-order valence-corrected chi connectivity index (χ2v) is 7.35. The summed E-state index contributed by atoms with van der Waals surface area (Å²) in [6, 6.07) is 4.09. The van der Waals surface area contributed by atoms with Crippen molar-refractivity contribution in [1.82, 2.24) is 4.90 Å². The van der Waals surface area contributed by atoms with Crippen LogP contribution in [0.5, 0.6) is 11.5 Å². The molecule has 2 aliphatic heterocycles. The lowest BCUT2D eigenvalue weighted by Gasteiger charge is -2.31. The van der Waals surface area contributed by atoms with Gasteiger partial charge in [0, 0.05) is 12.0 Å². The fraction of sp³-hybridized carbons (Fsp3) is 0.632. The van der Waals surface area contributed by atoms with Crippen LogP contribution in [0.4, 0.5) is 0 Å². The predicted octanol–water partition coefficient (Wildman–Crippen LogP) is 3.10. The van der Waals surface area contributed by atoms with Gasteiger partial charge < -0.3 is 19.1 Å². The molecule has 0 bridgehead atoms. The van der Waals surface area contributed by atoms with Crippen molar-refractivity contribution < 1.29 is 19.0 Å². The Morgan fingerprint density at radius 3 is 2.58 bits per heavy atom. The first-order valence-electron chi connectivity index (χ1n) is 8.52. The van der Waals surface area contributed by atoms with E-state index in [1.54, 1.807) is 14.2 Å². The molecule has 0 aliphatic carbocycles. The zero-order chi connectivity index (χ0) is 17.6. The lowest BCUT2D eigenvalue weighted by Crippen LogP contribution is -2.45. The molecule has 2 fully saturated rings. The van der Waals surface area contributed by atoms with Crippen molar-refractivity contribution in [2.24, 2.45) is 5.92 Å². The van der Waals surface area contributed by atoms with Gasteiger partial charge in [0.1, 0.15) is 5.72 Å². The highest BCUT2D eigenvalue weighted by molar-refractivity contribution is 5.88. The fourth-order valence-electron chi connectivity index (χ4n) is 4.08. The van der Waals surface area contributed by atoms with Crippen molar-refractivity contribution in [3.63, 3.8) is 0 Å². The molecule has 1 aromatic carbocycles. The summed E-state index contributed by atoms with van der Waals surface area (Å²) in [6.45, 7) is 8.90. The molecule has 0 spiro atoms. The normalized spacial score (nSPS) is 29.3. The van der Waals surface area contributed by atoms with Gasteiger partial charge in [-0.25, -0.2) is 0 Å². The van der Waals surface area contributed by atoms with Crippen LogP contribution in [0.25, 0.3) is 0 Å². The number of benzene rings is 1. The minimum atomic E-state index is -0.529. The average molecular weight is 333 g/mol. The number of carbonyl (C=O) groups excluding carboxylic acids is 1. The van der Waals surface area contributed by atoms with Gasteiger partial charge in [0.05, 0.1) is 32.8 Å². The number of fused-ring (bicyclic) bond motifs is 1. The zero-order valence-corrected chi connectivity index (χ0v) is 15.4. The first-order chi connectivity index (χ1) is 11.3. The van der Waals surface area contributed by atoms with Gasteiger partial charge in [0.25, 0.3) is 0 Å². The molecule has 0 N–H and O–H groups in total. The van der Waals surface area contributed by atoms with E-state index >= 15 is 0 Å². The van der Waals surface area contributed by atoms with Crippen LogP contribution < -0.4 is 9.47 Å². The van der Waals surface area contributed by atoms with Crippen molar-refractivity contribution in [3.8, 4) is 11.5 Å². The summed E-state index contributed by atoms with van der Waals surface area (Å²) in [5.41, 5.74) is 1.41. The van der Waals surface area contributed by atoms with Crippen LogP contribution in [-0.2, 0) is 9.53 Å². The predicted molar refractivity (Wildman–Crippen MR) is 91.5 cm³/mol. The molecule has 1 amide bonds. The van der Waals surface area contributed by atoms with Gasteiger partial charge in [0.15, 0.2) is 11.5 Å². The molecule has 3 rings (SSSR count). The van der Waals surface area contributed by atoms with E-state index in [-0.39, 0.29) is 17.9 Å². The van der Waals surface area contributed by atoms with Crippen molar-refractivity contribution in [2.75, 3.05) is 20.8 Å². The molecular weight excluding hydrogens is 306 g/mol. The molecule has 0 saturated carbocycles. The summed E-state index contributed by atoms with van der Waals surface area (Å²) >= 11 is 0. The van der Waals surface area contributed by atoms with Gasteiger partial charge in [-0.05, 0) is 31.4 Å². The summed E-state index contributed by atoms with van der Waals surface area (Å²) in [4.78, 5) is 15.2. The number of ether oxygens (including phenoxy) is 3. The van der Waals surface area contributed by atoms with Crippen LogP contribution in [0.3, 0.4) is 0 Å². The van der Waals surface area contributed by atoms with Gasteiger partial charge in [-0.2, -0.15) is 0 Å². The number of nitrogens with zero attached hydrogens (tertiary/aromatic N) is 1. The first kappa shape index (κ1) is 17.1. The Hall–Kier alpha value is -1.75. The Kier molecular flexibility index (Phi) is 4.24. The summed E-state index contributed by atoms with van der Waals surface area (Å²) in [5, 5.41) is 0. The molecule has 2 aliphatic rings. The highest BCUT2D eigenvalue weighted by Gasteiger charge is 2.57. The lowest BCUT2D eigenvalue weighted by molar-refractivity contribution is -0.138. The third kappa shape index (κ3) is 2.46. The van der Waals surface area contributed by atoms with E-state index in [2.05, 4.69) is 13.8 Å². The minimum absolute atomic E-state index is 0.125. The number of carbonyl (C=O) groups is 1. The lowest BCUT2D eigenvalue weighted by atomic mass is 9.92. The maximum Gasteiger partial charge on any atom is 0.233 e. The smallest absolute Gasteiger partial charge is 0.233 e. The van der Waals surface area contributed by atoms with Gasteiger partial charge in [-0.1, -0.05) is 19.9 Å². The highest BCUT2D eigenvalue weighted by atomic mass is 16.5. The average Bonchev–Trinajstić information content (AvgIpc) is 3.00. The van der Waals surface area contributed by atoms with Crippen LogP contribution in [0, 0.1) is 12.8 Å². The fourth-order valence-corrected chi connectivity index (χ4v) is 4.08. The highest BCUT2D eigenvalue weighted by Crippen LogP contribution is 2.50. The molecule has 1 aromatic rings. The van der Waals surface area contributed by atoms with E-state index in [9.17, 15) is 4.79 Å². The Bertz CT molecular complexity index is 657. The second kappa shape index (κ2) is 5.96. The maximum atomic E-state index is 13.2. The molecule has 0 aromatic heterocycles. The van der Waals surface area contributed by atoms with Crippen LogP contribution in [0.15, 0.2) is 12.1 Å². The van der Waals surface area contributed by atoms with E-state index in [4.69, 9.17) is 14.2 Å². The standard InChI is InChI=1S/C19H27NO4/c1-11(2)15-10-24-19(4)9-14(18(21)20(15)19)13-7-12(3)8-16(22-5)17(13)23-6/h7-8,11,14-15H,9-10H2,1-6H3/t14-,15+,19+/m0/s1. The first-order valence-corrected chi connectivity index (χ1v) is 8.52. The third-order valence-electron chi connectivity index (χ3n) is 5.32. The van der Waals surface area contributed by atoms with E-state index in [0.29, 0.717) is 30.4 Å². The number of hydrogen-bond donors (Lipinski definition) is 0. The zero-order valence-electron chi connectivity index (χ0n) is 15.4. The van der Waals surface area contributed by atoms with Gasteiger partial charge in [-0.3, -0.25) is 4.79 Å². The Labute approximate surface area is 143 Å². The summed E-state index contributed by atoms with van der Waals surface area (Å²) in [5.74, 6) is 1.54. The number of hydrogen-bond acceptors (Lipinski definition) is 4. The largest absolute Gasteiger partial charge is 0.493 e. The monoisotopic (exact) mass is 333 g/mol. The summed E-state index contributed by atoms with van der Waals surface area (Å²) in [7, 11) is 3.24. The second-order valence-electron chi connectivity index (χ2n) is 7.35. The number of rotatable bonds is 4. The van der Waals surface area contributed by atoms with Gasteiger partial charge in [-0.15, -0.1) is 0 Å². The van der Waals surface area contributed by atoms with Crippen molar-refractivity contribution in [1.29, 1.82) is 0 Å². The van der Waals surface area contributed by atoms with E-state index < -0.39 is 5.72 Å².